The van der Waals surface area contributed by atoms with E-state index in [0.717, 1.165) is 0 Å². The lowest BCUT2D eigenvalue weighted by atomic mass is 9.82. The zero-order valence-corrected chi connectivity index (χ0v) is 28.3. The van der Waals surface area contributed by atoms with Crippen LogP contribution < -0.4 is 0 Å². The zero-order valence-electron chi connectivity index (χ0n) is 28.3. The van der Waals surface area contributed by atoms with Crippen LogP contribution in [0.25, 0.3) is 0 Å². The summed E-state index contributed by atoms with van der Waals surface area (Å²) in [6.45, 7) is 18.8. The third kappa shape index (κ3) is 9.32. The molecule has 0 spiro atoms. The molecule has 14 atom stereocenters. The van der Waals surface area contributed by atoms with Crippen molar-refractivity contribution in [2.75, 3.05) is 13.2 Å². The van der Waals surface area contributed by atoms with E-state index in [-0.39, 0.29) is 36.3 Å². The highest BCUT2D eigenvalue weighted by Gasteiger charge is 2.51. The van der Waals surface area contributed by atoms with E-state index in [0.29, 0.717) is 13.2 Å². The van der Waals surface area contributed by atoms with Crippen molar-refractivity contribution < 1.29 is 78.7 Å². The van der Waals surface area contributed by atoms with Gasteiger partial charge in [0.25, 0.3) is 0 Å². The molecule has 6 saturated heterocycles. The number of aliphatic hydroxyl groups excluding tert-OH is 8. The molecule has 6 aliphatic rings. The highest BCUT2D eigenvalue weighted by molar-refractivity contribution is 4.93. The average Bonchev–Trinajstić information content (AvgIpc) is 3.64. The molecule has 272 valence electrons. The molecule has 6 rings (SSSR count). The highest BCUT2D eigenvalue weighted by atomic mass is 16.8. The highest BCUT2D eigenvalue weighted by Crippen LogP contribution is 2.36. The fourth-order valence-electron chi connectivity index (χ4n) is 5.77. The van der Waals surface area contributed by atoms with Gasteiger partial charge in [0.1, 0.15) is 36.6 Å². The number of ether oxygens (including phenoxy) is 8. The van der Waals surface area contributed by atoms with Crippen molar-refractivity contribution in [3.05, 3.63) is 0 Å². The second-order valence-electron chi connectivity index (χ2n) is 14.5. The minimum Gasteiger partial charge on any atom is -0.390 e. The predicted molar refractivity (Wildman–Crippen MR) is 156 cm³/mol. The van der Waals surface area contributed by atoms with Gasteiger partial charge >= 0.3 is 0 Å². The predicted octanol–water partition coefficient (Wildman–Crippen LogP) is -1.35. The van der Waals surface area contributed by atoms with Crippen molar-refractivity contribution in [2.24, 2.45) is 11.8 Å². The maximum absolute atomic E-state index is 9.46. The number of aliphatic hydroxyl groups is 8. The van der Waals surface area contributed by atoms with Gasteiger partial charge in [0.15, 0.2) is 36.7 Å². The number of hydrogen-bond donors (Lipinski definition) is 8. The number of rotatable bonds is 0. The molecule has 0 aromatic carbocycles. The average molecular weight is 673 g/mol. The summed E-state index contributed by atoms with van der Waals surface area (Å²) in [5.41, 5.74) is -1.20. The quantitative estimate of drug-likeness (QED) is 0.149. The van der Waals surface area contributed by atoms with Crippen LogP contribution in [-0.2, 0) is 37.9 Å². The molecule has 46 heavy (non-hydrogen) atoms. The summed E-state index contributed by atoms with van der Waals surface area (Å²) in [6, 6.07) is 0. The van der Waals surface area contributed by atoms with Gasteiger partial charge in [0, 0.05) is 11.8 Å². The third-order valence-corrected chi connectivity index (χ3v) is 9.22. The van der Waals surface area contributed by atoms with E-state index < -0.39 is 72.4 Å². The lowest BCUT2D eigenvalue weighted by Crippen LogP contribution is -2.57. The lowest BCUT2D eigenvalue weighted by molar-refractivity contribution is -0.294. The van der Waals surface area contributed by atoms with Gasteiger partial charge in [-0.25, -0.2) is 0 Å². The fourth-order valence-corrected chi connectivity index (χ4v) is 5.77. The summed E-state index contributed by atoms with van der Waals surface area (Å²) in [5.74, 6) is -1.54. The maximum atomic E-state index is 9.46. The van der Waals surface area contributed by atoms with Gasteiger partial charge in [-0.05, 0) is 55.4 Å². The molecule has 0 aromatic rings. The molecule has 0 bridgehead atoms. The molecular weight excluding hydrogens is 616 g/mol. The second kappa shape index (κ2) is 14.7. The Bertz CT molecular complexity index is 901. The molecule has 0 amide bonds. The molecule has 8 N–H and O–H groups in total. The first-order valence-electron chi connectivity index (χ1n) is 15.6. The second-order valence-corrected chi connectivity index (χ2v) is 14.5. The minimum absolute atomic E-state index is 0.0972. The van der Waals surface area contributed by atoms with Crippen LogP contribution in [0.1, 0.15) is 69.2 Å². The third-order valence-electron chi connectivity index (χ3n) is 9.22. The van der Waals surface area contributed by atoms with E-state index in [1.54, 1.807) is 41.5 Å². The summed E-state index contributed by atoms with van der Waals surface area (Å²) in [6.07, 6.45) is -9.26. The van der Waals surface area contributed by atoms with Crippen LogP contribution in [0.5, 0.6) is 0 Å². The smallest absolute Gasteiger partial charge is 0.184 e. The van der Waals surface area contributed by atoms with Crippen LogP contribution in [0, 0.1) is 11.8 Å². The van der Waals surface area contributed by atoms with Gasteiger partial charge < -0.3 is 78.7 Å². The Labute approximate surface area is 270 Å². The normalized spacial score (nSPS) is 47.6. The monoisotopic (exact) mass is 672 g/mol. The first kappa shape index (κ1) is 39.8. The van der Waals surface area contributed by atoms with Crippen LogP contribution >= 0.6 is 0 Å². The number of fused-ring (bicyclic) bond motifs is 2. The molecule has 16 heteroatoms. The van der Waals surface area contributed by atoms with Crippen molar-refractivity contribution in [2.45, 2.75) is 166 Å². The van der Waals surface area contributed by atoms with Gasteiger partial charge in [0.2, 0.25) is 0 Å². The Balaban J connectivity index is 0.000000167. The topological polar surface area (TPSA) is 236 Å². The van der Waals surface area contributed by atoms with Gasteiger partial charge in [-0.1, -0.05) is 13.8 Å². The first-order chi connectivity index (χ1) is 20.9. The molecular formula is C30H56O16. The maximum Gasteiger partial charge on any atom is 0.184 e. The molecule has 6 aliphatic heterocycles. The summed E-state index contributed by atoms with van der Waals surface area (Å²) in [7, 11) is 0. The van der Waals surface area contributed by atoms with Crippen LogP contribution in [-0.4, -0.2) is 151 Å². The van der Waals surface area contributed by atoms with Crippen LogP contribution in [0.4, 0.5) is 0 Å². The van der Waals surface area contributed by atoms with Gasteiger partial charge in [-0.2, -0.15) is 0 Å². The van der Waals surface area contributed by atoms with Gasteiger partial charge in [0.05, 0.1) is 36.6 Å². The van der Waals surface area contributed by atoms with Crippen molar-refractivity contribution >= 4 is 0 Å². The Morgan fingerprint density at radius 2 is 0.717 bits per heavy atom. The molecule has 0 radical (unpaired) electrons. The summed E-state index contributed by atoms with van der Waals surface area (Å²) < 4.78 is 41.7. The van der Waals surface area contributed by atoms with E-state index in [1.807, 2.05) is 27.7 Å². The SMILES string of the molecule is CC1(C)O[C@@H]2COC(O)[C@@H]2O1.CC1(C)O[C@H]2COC(O)[C@H]2O1.C[C@@H]1[C@@H](O)[C@@H](O)C(O)OC1(C)C.C[C@H]1[C@H](O)[C@H](O)C(O)OC1(C)C. The van der Waals surface area contributed by atoms with Crippen molar-refractivity contribution in [1.82, 2.24) is 0 Å². The standard InChI is InChI=1S/2C8H16O4.2C7H12O4/c2*1-4-5(9)6(10)7(11)12-8(4,2)3;2*1-7(2)10-4-3-9-6(8)5(4)11-7/h2*4-7,9-11H,1-3H3;2*4-6,8H,3H2,1-2H3/t2*4-,5-,6-,7?;2*4-,5-,6?/m1010/s1. The van der Waals surface area contributed by atoms with E-state index in [9.17, 15) is 30.6 Å². The van der Waals surface area contributed by atoms with Gasteiger partial charge in [-0.3, -0.25) is 0 Å². The Kier molecular flexibility index (Phi) is 12.7. The van der Waals surface area contributed by atoms with E-state index in [1.165, 1.54) is 0 Å². The Hall–Kier alpha value is -0.640. The summed E-state index contributed by atoms with van der Waals surface area (Å²) >= 11 is 0. The van der Waals surface area contributed by atoms with E-state index in [4.69, 9.17) is 48.1 Å². The zero-order chi connectivity index (χ0) is 35.2. The minimum atomic E-state index is -1.29. The van der Waals surface area contributed by atoms with Crippen molar-refractivity contribution in [1.29, 1.82) is 0 Å². The van der Waals surface area contributed by atoms with Crippen molar-refractivity contribution in [3.8, 4) is 0 Å². The lowest BCUT2D eigenvalue weighted by Gasteiger charge is -2.44. The fraction of sp³-hybridized carbons (Fsp3) is 1.00. The van der Waals surface area contributed by atoms with Crippen molar-refractivity contribution in [3.63, 3.8) is 0 Å². The first-order valence-corrected chi connectivity index (χ1v) is 15.6. The summed E-state index contributed by atoms with van der Waals surface area (Å²) in [5, 5.41) is 74.1. The molecule has 4 unspecified atom stereocenters. The van der Waals surface area contributed by atoms with E-state index >= 15 is 0 Å². The van der Waals surface area contributed by atoms with Crippen LogP contribution in [0.15, 0.2) is 0 Å². The molecule has 6 heterocycles. The van der Waals surface area contributed by atoms with Crippen LogP contribution in [0.2, 0.25) is 0 Å². The largest absolute Gasteiger partial charge is 0.390 e. The van der Waals surface area contributed by atoms with Gasteiger partial charge in [-0.15, -0.1) is 0 Å². The Morgan fingerprint density at radius 1 is 0.413 bits per heavy atom. The van der Waals surface area contributed by atoms with E-state index in [2.05, 4.69) is 0 Å². The molecule has 0 aromatic heterocycles. The Morgan fingerprint density at radius 3 is 1.00 bits per heavy atom. The van der Waals surface area contributed by atoms with Crippen LogP contribution in [0.3, 0.4) is 0 Å². The number of hydrogen-bond acceptors (Lipinski definition) is 16. The molecule has 0 saturated carbocycles. The molecule has 6 fully saturated rings. The molecule has 0 aliphatic carbocycles. The summed E-state index contributed by atoms with van der Waals surface area (Å²) in [4.78, 5) is 0. The molecule has 16 nitrogen and oxygen atoms in total.